The van der Waals surface area contributed by atoms with Crippen molar-refractivity contribution in [3.8, 4) is 11.5 Å². The molecule has 0 saturated heterocycles. The van der Waals surface area contributed by atoms with Gasteiger partial charge in [0.05, 0.1) is 25.7 Å². The average Bonchev–Trinajstić information content (AvgIpc) is 2.56. The van der Waals surface area contributed by atoms with E-state index in [-0.39, 0.29) is 24.7 Å². The van der Waals surface area contributed by atoms with Gasteiger partial charge >= 0.3 is 0 Å². The number of benzene rings is 1. The Hall–Kier alpha value is -1.80. The quantitative estimate of drug-likeness (QED) is 0.689. The lowest BCUT2D eigenvalue weighted by molar-refractivity contribution is -0.116. The Morgan fingerprint density at radius 3 is 2.50 bits per heavy atom. The molecule has 0 heterocycles. The number of unbranched alkanes of at least 4 members (excludes halogenated alkanes) is 1. The van der Waals surface area contributed by atoms with E-state index in [1.165, 1.54) is 18.9 Å². The number of ether oxygens (including phenoxy) is 2. The number of nitrogens with zero attached hydrogens (tertiary/aromatic N) is 1. The van der Waals surface area contributed by atoms with Gasteiger partial charge in [-0.05, 0) is 18.6 Å². The van der Waals surface area contributed by atoms with Crippen LogP contribution in [0.3, 0.4) is 0 Å². The zero-order chi connectivity index (χ0) is 18.2. The first-order valence-electron chi connectivity index (χ1n) is 7.82. The van der Waals surface area contributed by atoms with E-state index in [1.807, 2.05) is 6.92 Å². The van der Waals surface area contributed by atoms with Crippen molar-refractivity contribution < 1.29 is 22.7 Å². The molecular weight excluding hydrogens is 332 g/mol. The van der Waals surface area contributed by atoms with Crippen molar-refractivity contribution in [2.45, 2.75) is 26.7 Å². The van der Waals surface area contributed by atoms with E-state index in [1.54, 1.807) is 25.3 Å². The molecule has 0 aromatic heterocycles. The summed E-state index contributed by atoms with van der Waals surface area (Å²) in [5, 5.41) is 0. The number of rotatable bonds is 10. The summed E-state index contributed by atoms with van der Waals surface area (Å²) < 4.78 is 36.6. The Bertz CT molecular complexity index is 646. The molecule has 136 valence electrons. The molecule has 1 rings (SSSR count). The molecule has 8 heteroatoms. The molecular formula is C16H26N2O5S. The molecule has 0 atom stereocenters. The number of hydrogen-bond donors (Lipinski definition) is 1. The van der Waals surface area contributed by atoms with E-state index < -0.39 is 10.0 Å². The van der Waals surface area contributed by atoms with Gasteiger partial charge in [0.2, 0.25) is 15.9 Å². The van der Waals surface area contributed by atoms with Crippen LogP contribution in [0.5, 0.6) is 11.5 Å². The number of nitrogens with one attached hydrogen (secondary N) is 1. The fourth-order valence-electron chi connectivity index (χ4n) is 2.17. The molecule has 1 aromatic carbocycles. The standard InChI is InChI=1S/C16H26N2O5S/c1-5-6-11-24(20,21)17-9-10-18(13(2)19)15-8-7-14(22-3)12-16(15)23-4/h7-8,12,17H,5-6,9-11H2,1-4H3. The largest absolute Gasteiger partial charge is 0.497 e. The minimum Gasteiger partial charge on any atom is -0.497 e. The van der Waals surface area contributed by atoms with E-state index in [4.69, 9.17) is 9.47 Å². The fourth-order valence-corrected chi connectivity index (χ4v) is 3.39. The van der Waals surface area contributed by atoms with Gasteiger partial charge in [-0.3, -0.25) is 4.79 Å². The number of carbonyl (C=O) groups is 1. The molecule has 0 fully saturated rings. The topological polar surface area (TPSA) is 84.9 Å². The number of hydrogen-bond acceptors (Lipinski definition) is 5. The second-order valence-electron chi connectivity index (χ2n) is 5.28. The molecule has 0 aliphatic rings. The minimum absolute atomic E-state index is 0.0927. The molecule has 1 aromatic rings. The Kier molecular flexibility index (Phi) is 8.00. The van der Waals surface area contributed by atoms with Crippen molar-refractivity contribution in [3.05, 3.63) is 18.2 Å². The van der Waals surface area contributed by atoms with Crippen molar-refractivity contribution in [2.75, 3.05) is 38.0 Å². The van der Waals surface area contributed by atoms with Gasteiger partial charge in [0, 0.05) is 26.1 Å². The van der Waals surface area contributed by atoms with E-state index >= 15 is 0 Å². The summed E-state index contributed by atoms with van der Waals surface area (Å²) in [5.74, 6) is 0.985. The minimum atomic E-state index is -3.31. The van der Waals surface area contributed by atoms with Crippen LogP contribution in [0.2, 0.25) is 0 Å². The second-order valence-corrected chi connectivity index (χ2v) is 7.20. The third-order valence-electron chi connectivity index (χ3n) is 3.48. The van der Waals surface area contributed by atoms with Gasteiger partial charge in [-0.2, -0.15) is 0 Å². The van der Waals surface area contributed by atoms with Gasteiger partial charge in [-0.1, -0.05) is 13.3 Å². The lowest BCUT2D eigenvalue weighted by Gasteiger charge is -2.23. The molecule has 7 nitrogen and oxygen atoms in total. The van der Waals surface area contributed by atoms with Crippen LogP contribution in [-0.4, -0.2) is 47.4 Å². The van der Waals surface area contributed by atoms with Gasteiger partial charge in [-0.25, -0.2) is 13.1 Å². The van der Waals surface area contributed by atoms with Gasteiger partial charge in [0.15, 0.2) is 0 Å². The summed E-state index contributed by atoms with van der Waals surface area (Å²) in [7, 11) is -0.265. The summed E-state index contributed by atoms with van der Waals surface area (Å²) in [4.78, 5) is 13.4. The highest BCUT2D eigenvalue weighted by Gasteiger charge is 2.18. The Labute approximate surface area is 144 Å². The van der Waals surface area contributed by atoms with Crippen LogP contribution in [0, 0.1) is 0 Å². The molecule has 0 aliphatic heterocycles. The summed E-state index contributed by atoms with van der Waals surface area (Å²) in [6, 6.07) is 5.11. The first kappa shape index (κ1) is 20.2. The van der Waals surface area contributed by atoms with Crippen LogP contribution in [0.15, 0.2) is 18.2 Å². The Morgan fingerprint density at radius 2 is 1.96 bits per heavy atom. The predicted molar refractivity (Wildman–Crippen MR) is 94.3 cm³/mol. The van der Waals surface area contributed by atoms with Crippen LogP contribution < -0.4 is 19.1 Å². The highest BCUT2D eigenvalue weighted by atomic mass is 32.2. The van der Waals surface area contributed by atoms with Gasteiger partial charge in [0.25, 0.3) is 0 Å². The van der Waals surface area contributed by atoms with Crippen molar-refractivity contribution in [2.24, 2.45) is 0 Å². The van der Waals surface area contributed by atoms with E-state index in [9.17, 15) is 13.2 Å². The molecule has 0 saturated carbocycles. The van der Waals surface area contributed by atoms with Gasteiger partial charge < -0.3 is 14.4 Å². The van der Waals surface area contributed by atoms with Crippen molar-refractivity contribution in [3.63, 3.8) is 0 Å². The second kappa shape index (κ2) is 9.48. The molecule has 0 bridgehead atoms. The normalized spacial score (nSPS) is 11.2. The van der Waals surface area contributed by atoms with E-state index in [0.29, 0.717) is 23.6 Å². The highest BCUT2D eigenvalue weighted by Crippen LogP contribution is 2.32. The number of carbonyl (C=O) groups excluding carboxylic acids is 1. The highest BCUT2D eigenvalue weighted by molar-refractivity contribution is 7.89. The first-order valence-corrected chi connectivity index (χ1v) is 9.47. The van der Waals surface area contributed by atoms with E-state index in [0.717, 1.165) is 6.42 Å². The summed E-state index contributed by atoms with van der Waals surface area (Å²) >= 11 is 0. The summed E-state index contributed by atoms with van der Waals surface area (Å²) in [5.41, 5.74) is 0.568. The molecule has 0 radical (unpaired) electrons. The molecule has 1 amide bonds. The molecule has 1 N–H and O–H groups in total. The summed E-state index contributed by atoms with van der Waals surface area (Å²) in [6.07, 6.45) is 1.42. The maximum atomic E-state index is 12.0. The van der Waals surface area contributed by atoms with Crippen LogP contribution >= 0.6 is 0 Å². The van der Waals surface area contributed by atoms with Crippen LogP contribution in [0.25, 0.3) is 0 Å². The third-order valence-corrected chi connectivity index (χ3v) is 4.95. The van der Waals surface area contributed by atoms with Crippen LogP contribution in [0.4, 0.5) is 5.69 Å². The number of sulfonamides is 1. The third kappa shape index (κ3) is 6.01. The lowest BCUT2D eigenvalue weighted by atomic mass is 10.2. The smallest absolute Gasteiger partial charge is 0.224 e. The number of amides is 1. The molecule has 0 unspecified atom stereocenters. The van der Waals surface area contributed by atoms with E-state index in [2.05, 4.69) is 4.72 Å². The molecule has 0 aliphatic carbocycles. The van der Waals surface area contributed by atoms with Gasteiger partial charge in [-0.15, -0.1) is 0 Å². The van der Waals surface area contributed by atoms with Crippen molar-refractivity contribution in [1.82, 2.24) is 4.72 Å². The molecule has 0 spiro atoms. The Morgan fingerprint density at radius 1 is 1.25 bits per heavy atom. The van der Waals surface area contributed by atoms with Gasteiger partial charge in [0.1, 0.15) is 11.5 Å². The SMILES string of the molecule is CCCCS(=O)(=O)NCCN(C(C)=O)c1ccc(OC)cc1OC. The van der Waals surface area contributed by atoms with Crippen LogP contribution in [-0.2, 0) is 14.8 Å². The fraction of sp³-hybridized carbons (Fsp3) is 0.562. The number of methoxy groups -OCH3 is 2. The molecule has 24 heavy (non-hydrogen) atoms. The average molecular weight is 358 g/mol. The first-order chi connectivity index (χ1) is 11.3. The number of anilines is 1. The zero-order valence-corrected chi connectivity index (χ0v) is 15.5. The monoisotopic (exact) mass is 358 g/mol. The maximum absolute atomic E-state index is 12.0. The van der Waals surface area contributed by atoms with Crippen LogP contribution in [0.1, 0.15) is 26.7 Å². The summed E-state index contributed by atoms with van der Waals surface area (Å²) in [6.45, 7) is 3.71. The predicted octanol–water partition coefficient (Wildman–Crippen LogP) is 1.78. The maximum Gasteiger partial charge on any atom is 0.224 e. The Balaban J connectivity index is 2.84. The lowest BCUT2D eigenvalue weighted by Crippen LogP contribution is -2.38. The van der Waals surface area contributed by atoms with Crippen molar-refractivity contribution in [1.29, 1.82) is 0 Å². The van der Waals surface area contributed by atoms with Crippen molar-refractivity contribution >= 4 is 21.6 Å². The zero-order valence-electron chi connectivity index (χ0n) is 14.7.